The molecule has 7 nitrogen and oxygen atoms in total. The summed E-state index contributed by atoms with van der Waals surface area (Å²) in [6, 6.07) is 66.0. The van der Waals surface area contributed by atoms with E-state index >= 15 is 0 Å². The number of furan rings is 1. The molecule has 2 aromatic heterocycles. The molecule has 8 aromatic carbocycles. The molecule has 345 valence electrons. The number of aromatic nitrogens is 1. The normalized spacial score (nSPS) is 11.4. The molecule has 1 N–H and O–H groups in total. The Balaban J connectivity index is 0.000000161. The van der Waals surface area contributed by atoms with Crippen LogP contribution < -0.4 is 32.1 Å². The van der Waals surface area contributed by atoms with Gasteiger partial charge in [0.1, 0.15) is 22.5 Å². The third-order valence-corrected chi connectivity index (χ3v) is 17.5. The Labute approximate surface area is 436 Å². The van der Waals surface area contributed by atoms with Crippen LogP contribution >= 0.6 is 14.3 Å². The first-order valence-electron chi connectivity index (χ1n) is 21.3. The predicted octanol–water partition coefficient (Wildman–Crippen LogP) is 12.2. The van der Waals surface area contributed by atoms with Crippen LogP contribution in [0.1, 0.15) is 17.3 Å². The molecular weight excluding hydrogens is 1050 g/mol. The van der Waals surface area contributed by atoms with Gasteiger partial charge in [0.2, 0.25) is 0 Å². The van der Waals surface area contributed by atoms with Crippen LogP contribution in [-0.2, 0) is 9.13 Å². The number of hydrogen-bond donors (Lipinski definition) is 1. The van der Waals surface area contributed by atoms with Crippen molar-refractivity contribution in [2.24, 2.45) is 0 Å². The summed E-state index contributed by atoms with van der Waals surface area (Å²) in [6.45, 7) is 5.75. The number of nitrogens with zero attached hydrogens (tertiary/aromatic N) is 1. The molecule has 0 saturated carbocycles. The molecule has 10 aromatic rings. The van der Waals surface area contributed by atoms with Crippen LogP contribution in [0.4, 0.5) is 13.2 Å². The second-order valence-corrected chi connectivity index (χ2v) is 21.4. The van der Waals surface area contributed by atoms with Crippen molar-refractivity contribution in [2.45, 2.75) is 13.1 Å². The molecule has 0 unspecified atom stereocenters. The number of pyridine rings is 1. The number of carbonyl (C=O) groups is 1. The Bertz CT molecular complexity index is 3430. The van der Waals surface area contributed by atoms with E-state index in [-0.39, 0.29) is 66.0 Å². The van der Waals surface area contributed by atoms with Gasteiger partial charge < -0.3 is 18.7 Å². The minimum atomic E-state index is -5.33. The zero-order valence-electron chi connectivity index (χ0n) is 36.8. The van der Waals surface area contributed by atoms with Gasteiger partial charge in [0.25, 0.3) is 11.3 Å². The Morgan fingerprint density at radius 3 is 1.36 bits per heavy atom. The number of halogens is 3. The quantitative estimate of drug-likeness (QED) is 0.120. The summed E-state index contributed by atoms with van der Waals surface area (Å²) in [4.78, 5) is 25.3. The third-order valence-electron chi connectivity index (χ3n) is 11.3. The number of alkyl halides is 3. The second-order valence-electron chi connectivity index (χ2n) is 15.6. The van der Waals surface area contributed by atoms with Crippen LogP contribution in [0.15, 0.2) is 239 Å². The molecule has 0 aliphatic rings. The van der Waals surface area contributed by atoms with Gasteiger partial charge in [-0.1, -0.05) is 195 Å². The van der Waals surface area contributed by atoms with Crippen LogP contribution in [0, 0.1) is 49.4 Å². The summed E-state index contributed by atoms with van der Waals surface area (Å²) in [6.07, 6.45) is -5.33. The molecule has 13 heteroatoms. The summed E-state index contributed by atoms with van der Waals surface area (Å²) < 4.78 is 73.5. The van der Waals surface area contributed by atoms with Gasteiger partial charge in [-0.05, 0) is 42.6 Å². The number of allylic oxidation sites excluding steroid dienone is 1. The molecule has 0 atom stereocenters. The molecule has 0 aliphatic carbocycles. The van der Waals surface area contributed by atoms with Crippen LogP contribution in [0.25, 0.3) is 38.5 Å². The van der Waals surface area contributed by atoms with Gasteiger partial charge in [0.05, 0.1) is 10.9 Å². The van der Waals surface area contributed by atoms with E-state index in [1.54, 1.807) is 42.5 Å². The van der Waals surface area contributed by atoms with E-state index < -0.39 is 43.1 Å². The smallest absolute Gasteiger partial charge is 0.455 e. The van der Waals surface area contributed by atoms with Crippen molar-refractivity contribution in [1.82, 2.24) is 4.57 Å². The maximum absolute atomic E-state index is 13.8. The summed E-state index contributed by atoms with van der Waals surface area (Å²) >= 11 is 0. The molecule has 0 fully saturated rings. The molecule has 0 bridgehead atoms. The summed E-state index contributed by atoms with van der Waals surface area (Å²) in [7, 11) is -5.47. The topological polar surface area (TPSA) is 107 Å². The fourth-order valence-electron chi connectivity index (χ4n) is 8.07. The van der Waals surface area contributed by atoms with Crippen LogP contribution in [0.2, 0.25) is 0 Å². The first kappa shape index (κ1) is 50.7. The van der Waals surface area contributed by atoms with E-state index in [1.807, 2.05) is 159 Å². The molecule has 0 aliphatic heterocycles. The van der Waals surface area contributed by atoms with Crippen LogP contribution in [-0.4, -0.2) is 21.6 Å². The average Bonchev–Trinajstić information content (AvgIpc) is 3.77. The summed E-state index contributed by atoms with van der Waals surface area (Å²) in [5.74, 6) is -3.42. The van der Waals surface area contributed by atoms with Gasteiger partial charge in [0.15, 0.2) is 14.3 Å². The van der Waals surface area contributed by atoms with Gasteiger partial charge >= 0.3 is 6.18 Å². The number of Topliss-reactive ketones (excluding diaryl/α,β-unsaturated/α-hetero) is 1. The van der Waals surface area contributed by atoms with Crippen molar-refractivity contribution in [3.8, 4) is 11.4 Å². The zero-order valence-corrected chi connectivity index (χ0v) is 41.0. The Kier molecular flexibility index (Phi) is 15.9. The number of aromatic hydroxyl groups is 1. The van der Waals surface area contributed by atoms with Crippen molar-refractivity contribution >= 4 is 79.4 Å². The molecule has 2 heterocycles. The molecule has 0 spiro atoms. The summed E-state index contributed by atoms with van der Waals surface area (Å²) in [5, 5.41) is 16.6. The van der Waals surface area contributed by atoms with E-state index in [1.165, 1.54) is 24.3 Å². The first-order valence-corrected chi connectivity index (χ1v) is 24.7. The first-order chi connectivity index (χ1) is 32.8. The largest absolute Gasteiger partial charge is 0.506 e. The van der Waals surface area contributed by atoms with Gasteiger partial charge in [-0.25, -0.2) is 0 Å². The van der Waals surface area contributed by atoms with Crippen molar-refractivity contribution in [3.63, 3.8) is 0 Å². The van der Waals surface area contributed by atoms with Crippen molar-refractivity contribution < 1.29 is 86.0 Å². The fraction of sp³-hybridized carbons (Fsp3) is 0.0357. The van der Waals surface area contributed by atoms with Crippen LogP contribution in [0.3, 0.4) is 0 Å². The van der Waals surface area contributed by atoms with E-state index in [4.69, 9.17) is 4.42 Å². The standard InChI is InChI=1S/C23H12F3NO4.C18H15OP.C15H15OP.Eu/c24-23(25,26)21(29)18-20(28)14-10-11-16-17(13-8-4-5-9-15(13)31-16)19(14)27(22(18)30)12-6-2-1-3-7-12;19-20(16-10-4-1-5-11-16,17-12-6-2-7-13-17)18-14-8-3-9-15-18;1-13(2)17(16,14-9-5-3-6-10-14)15-11-7-4-8-12-15;/h1-11,28H;1-15H;3-12H,1H2,2H3;. The predicted molar refractivity (Wildman–Crippen MR) is 269 cm³/mol. The van der Waals surface area contributed by atoms with Crippen molar-refractivity contribution in [3.05, 3.63) is 246 Å². The maximum Gasteiger partial charge on any atom is 0.455 e. The van der Waals surface area contributed by atoms with Crippen molar-refractivity contribution in [1.29, 1.82) is 0 Å². The van der Waals surface area contributed by atoms with Gasteiger partial charge in [0, 0.05) is 92.4 Å². The number of ketones is 1. The van der Waals surface area contributed by atoms with Gasteiger partial charge in [-0.15, -0.1) is 0 Å². The number of hydrogen-bond acceptors (Lipinski definition) is 6. The molecule has 0 amide bonds. The molecule has 1 radical (unpaired) electrons. The minimum absolute atomic E-state index is 0. The number of para-hydroxylation sites is 2. The van der Waals surface area contributed by atoms with Gasteiger partial charge in [-0.3, -0.25) is 14.2 Å². The van der Waals surface area contributed by atoms with Crippen LogP contribution in [0.5, 0.6) is 5.75 Å². The number of rotatable bonds is 8. The monoisotopic (exact) mass is 1100 g/mol. The fourth-order valence-corrected chi connectivity index (χ4v) is 13.1. The molecule has 0 saturated heterocycles. The third kappa shape index (κ3) is 10.1. The number of fused-ring (bicyclic) bond motifs is 5. The Morgan fingerprint density at radius 1 is 0.551 bits per heavy atom. The Hall–Kier alpha value is -6.19. The Morgan fingerprint density at radius 2 is 0.942 bits per heavy atom. The van der Waals surface area contributed by atoms with E-state index in [9.17, 15) is 37.0 Å². The number of carbonyl (C=O) groups excluding carboxylic acids is 1. The van der Waals surface area contributed by atoms with E-state index in [2.05, 4.69) is 6.58 Å². The summed E-state index contributed by atoms with van der Waals surface area (Å²) in [5.41, 5.74) is -1.31. The average molecular weight is 1100 g/mol. The van der Waals surface area contributed by atoms with E-state index in [0.717, 1.165) is 36.4 Å². The number of benzene rings is 8. The maximum atomic E-state index is 13.8. The van der Waals surface area contributed by atoms with Crippen molar-refractivity contribution in [2.75, 3.05) is 0 Å². The zero-order chi connectivity index (χ0) is 48.1. The second kappa shape index (κ2) is 21.6. The van der Waals surface area contributed by atoms with Gasteiger partial charge in [-0.2, -0.15) is 13.2 Å². The SMILES string of the molecule is C=C(C)P(=O)(c1ccccc1)c1ccccc1.O=C(c1c(O)c2ccc3oc4ccccc4c3c2n(-c2ccccc2)c1=O)C(F)(F)F.O=P(c1ccccc1)(c1ccccc1)c1ccccc1.[Eu]. The minimum Gasteiger partial charge on any atom is -0.506 e. The molecule has 10 rings (SSSR count). The van der Waals surface area contributed by atoms with E-state index in [0.29, 0.717) is 21.9 Å². The molecule has 69 heavy (non-hydrogen) atoms. The molecular formula is C56H42EuF3NO6P2.